The summed E-state index contributed by atoms with van der Waals surface area (Å²) in [6.45, 7) is 31.0. The van der Waals surface area contributed by atoms with Gasteiger partial charge in [-0.1, -0.05) is 47.4 Å². The molecule has 0 radical (unpaired) electrons. The summed E-state index contributed by atoms with van der Waals surface area (Å²) in [5.74, 6) is 0.939. The summed E-state index contributed by atoms with van der Waals surface area (Å²) in [4.78, 5) is 8.26. The maximum atomic E-state index is 4.75. The first-order chi connectivity index (χ1) is 11.1. The van der Waals surface area contributed by atoms with E-state index in [4.69, 9.17) is 4.74 Å². The van der Waals surface area contributed by atoms with Crippen LogP contribution in [0.2, 0.25) is 0 Å². The molecule has 0 rings (SSSR count). The monoisotopic (exact) mass is 334 g/mol. The zero-order chi connectivity index (χ0) is 19.9. The highest BCUT2D eigenvalue weighted by molar-refractivity contribution is 5.98. The van der Waals surface area contributed by atoms with Crippen molar-refractivity contribution in [1.29, 1.82) is 0 Å². The van der Waals surface area contributed by atoms with E-state index >= 15 is 0 Å². The highest BCUT2D eigenvalue weighted by Gasteiger charge is 2.06. The molecule has 0 aliphatic carbocycles. The van der Waals surface area contributed by atoms with Gasteiger partial charge < -0.3 is 4.74 Å². The fourth-order valence-corrected chi connectivity index (χ4v) is 1.29. The zero-order valence-corrected chi connectivity index (χ0v) is 17.4. The van der Waals surface area contributed by atoms with Gasteiger partial charge in [-0.15, -0.1) is 0 Å². The quantitative estimate of drug-likeness (QED) is 0.374. The lowest BCUT2D eigenvalue weighted by Gasteiger charge is -2.11. The molecule has 24 heavy (non-hydrogen) atoms. The molecule has 138 valence electrons. The van der Waals surface area contributed by atoms with Crippen LogP contribution in [0, 0.1) is 5.92 Å². The van der Waals surface area contributed by atoms with Gasteiger partial charge in [0.2, 0.25) is 5.88 Å². The standard InChI is InChI=1S/C11H19N.C8H13NO.C2H6/c1-7-9(4)10(5)11(6)12-8(2)3;1-6(2)7(3)9-8(4)10-5;1-2/h9H,2,5,7H2,1,3-4,6H3;1,4H2,2-3,5H3;1-2H3/b;9-7-;. The van der Waals surface area contributed by atoms with Crippen LogP contribution in [-0.2, 0) is 4.74 Å². The molecule has 0 saturated carbocycles. The Labute approximate surface area is 150 Å². The molecule has 0 aliphatic rings. The van der Waals surface area contributed by atoms with Gasteiger partial charge in [0, 0.05) is 17.1 Å². The van der Waals surface area contributed by atoms with Crippen molar-refractivity contribution in [3.05, 3.63) is 49.0 Å². The summed E-state index contributed by atoms with van der Waals surface area (Å²) >= 11 is 0. The molecule has 0 aliphatic heterocycles. The summed E-state index contributed by atoms with van der Waals surface area (Å²) in [6, 6.07) is 0. The average Bonchev–Trinajstić information content (AvgIpc) is 2.54. The molecule has 1 atom stereocenters. The molecule has 0 aromatic carbocycles. The molecule has 0 amide bonds. The van der Waals surface area contributed by atoms with Crippen molar-refractivity contribution in [2.45, 2.75) is 61.8 Å². The van der Waals surface area contributed by atoms with Gasteiger partial charge in [0.15, 0.2) is 0 Å². The summed E-state index contributed by atoms with van der Waals surface area (Å²) in [7, 11) is 1.54. The lowest BCUT2D eigenvalue weighted by Crippen LogP contribution is -2.05. The second-order valence-electron chi connectivity index (χ2n) is 5.34. The van der Waals surface area contributed by atoms with E-state index in [1.807, 2.05) is 41.5 Å². The predicted molar refractivity (Wildman–Crippen MR) is 112 cm³/mol. The van der Waals surface area contributed by atoms with Crippen LogP contribution in [0.25, 0.3) is 0 Å². The molecular formula is C21H38N2O. The maximum Gasteiger partial charge on any atom is 0.205 e. The van der Waals surface area contributed by atoms with E-state index in [2.05, 4.69) is 50.1 Å². The van der Waals surface area contributed by atoms with Gasteiger partial charge >= 0.3 is 0 Å². The number of nitrogens with zero attached hydrogens (tertiary/aromatic N) is 2. The summed E-state index contributed by atoms with van der Waals surface area (Å²) in [6.07, 6.45) is 1.11. The molecule has 0 N–H and O–H groups in total. The third kappa shape index (κ3) is 15.0. The molecular weight excluding hydrogens is 296 g/mol. The van der Waals surface area contributed by atoms with Crippen molar-refractivity contribution in [2.75, 3.05) is 7.11 Å². The Morgan fingerprint density at radius 3 is 1.67 bits per heavy atom. The van der Waals surface area contributed by atoms with Gasteiger partial charge in [0.25, 0.3) is 0 Å². The topological polar surface area (TPSA) is 34.0 Å². The van der Waals surface area contributed by atoms with Crippen molar-refractivity contribution < 1.29 is 4.74 Å². The first-order valence-corrected chi connectivity index (χ1v) is 8.40. The van der Waals surface area contributed by atoms with Gasteiger partial charge in [0.05, 0.1) is 7.11 Å². The van der Waals surface area contributed by atoms with E-state index in [1.54, 1.807) is 0 Å². The van der Waals surface area contributed by atoms with Crippen LogP contribution in [0.15, 0.2) is 59.0 Å². The summed E-state index contributed by atoms with van der Waals surface area (Å²) < 4.78 is 4.75. The van der Waals surface area contributed by atoms with E-state index in [-0.39, 0.29) is 0 Å². The normalized spacial score (nSPS) is 11.9. The van der Waals surface area contributed by atoms with Crippen LogP contribution in [0.5, 0.6) is 0 Å². The Kier molecular flexibility index (Phi) is 18.0. The second-order valence-corrected chi connectivity index (χ2v) is 5.34. The van der Waals surface area contributed by atoms with E-state index < -0.39 is 0 Å². The van der Waals surface area contributed by atoms with Gasteiger partial charge in [-0.2, -0.15) is 0 Å². The van der Waals surface area contributed by atoms with Gasteiger partial charge in [-0.05, 0) is 57.8 Å². The van der Waals surface area contributed by atoms with Gasteiger partial charge in [0.1, 0.15) is 0 Å². The van der Waals surface area contributed by atoms with E-state index in [0.29, 0.717) is 11.8 Å². The Morgan fingerprint density at radius 1 is 0.917 bits per heavy atom. The van der Waals surface area contributed by atoms with Crippen LogP contribution in [-0.4, -0.2) is 18.5 Å². The highest BCUT2D eigenvalue weighted by atomic mass is 16.5. The molecule has 3 nitrogen and oxygen atoms in total. The lowest BCUT2D eigenvalue weighted by atomic mass is 9.97. The van der Waals surface area contributed by atoms with E-state index in [9.17, 15) is 0 Å². The van der Waals surface area contributed by atoms with Gasteiger partial charge in [-0.25, -0.2) is 4.99 Å². The van der Waals surface area contributed by atoms with Crippen LogP contribution in [0.1, 0.15) is 61.8 Å². The van der Waals surface area contributed by atoms with E-state index in [1.165, 1.54) is 7.11 Å². The molecule has 0 fully saturated rings. The third-order valence-corrected chi connectivity index (χ3v) is 3.18. The molecule has 0 aromatic heterocycles. The van der Waals surface area contributed by atoms with Crippen molar-refractivity contribution in [1.82, 2.24) is 0 Å². The zero-order valence-electron chi connectivity index (χ0n) is 17.4. The van der Waals surface area contributed by atoms with Crippen molar-refractivity contribution in [2.24, 2.45) is 15.9 Å². The van der Waals surface area contributed by atoms with Crippen molar-refractivity contribution >= 4 is 11.4 Å². The number of ether oxygens (including phenoxy) is 1. The average molecular weight is 335 g/mol. The van der Waals surface area contributed by atoms with Crippen molar-refractivity contribution in [3.63, 3.8) is 0 Å². The Balaban J connectivity index is -0.000000337. The fourth-order valence-electron chi connectivity index (χ4n) is 1.29. The Bertz CT molecular complexity index is 482. The largest absolute Gasteiger partial charge is 0.481 e. The number of allylic oxidation sites excluding steroid dienone is 3. The van der Waals surface area contributed by atoms with Crippen LogP contribution >= 0.6 is 0 Å². The minimum Gasteiger partial charge on any atom is -0.481 e. The smallest absolute Gasteiger partial charge is 0.205 e. The molecule has 0 aromatic rings. The molecule has 1 unspecified atom stereocenters. The number of rotatable bonds is 7. The first-order valence-electron chi connectivity index (χ1n) is 8.40. The second kappa shape index (κ2) is 16.0. The van der Waals surface area contributed by atoms with Crippen LogP contribution in [0.3, 0.4) is 0 Å². The fraction of sp³-hybridized carbons (Fsp3) is 0.524. The lowest BCUT2D eigenvalue weighted by molar-refractivity contribution is 0.290. The van der Waals surface area contributed by atoms with E-state index in [0.717, 1.165) is 34.7 Å². The highest BCUT2D eigenvalue weighted by Crippen LogP contribution is 2.14. The minimum atomic E-state index is 0.417. The third-order valence-electron chi connectivity index (χ3n) is 3.18. The maximum absolute atomic E-state index is 4.75. The van der Waals surface area contributed by atoms with Gasteiger partial charge in [-0.3, -0.25) is 4.99 Å². The SMILES string of the molecule is C=C(/N=C(/C)C(=C)C)OC.C=C(C)N=C(C)C(=C)C(C)CC.CC. The van der Waals surface area contributed by atoms with Crippen LogP contribution < -0.4 is 0 Å². The molecule has 0 spiro atoms. The summed E-state index contributed by atoms with van der Waals surface area (Å²) in [5.41, 5.74) is 4.76. The molecule has 0 heterocycles. The number of methoxy groups -OCH3 is 1. The predicted octanol–water partition coefficient (Wildman–Crippen LogP) is 6.75. The van der Waals surface area contributed by atoms with Crippen LogP contribution in [0.4, 0.5) is 0 Å². The molecule has 0 saturated heterocycles. The Hall–Kier alpha value is -1.90. The Morgan fingerprint density at radius 2 is 1.38 bits per heavy atom. The molecule has 3 heteroatoms. The number of hydrogen-bond acceptors (Lipinski definition) is 3. The number of aliphatic imine (C=N–C) groups is 2. The van der Waals surface area contributed by atoms with Crippen molar-refractivity contribution in [3.8, 4) is 0 Å². The first kappa shape index (κ1) is 27.0. The summed E-state index contributed by atoms with van der Waals surface area (Å²) in [5, 5.41) is 0. The minimum absolute atomic E-state index is 0.417. The molecule has 0 bridgehead atoms. The number of hydrogen-bond donors (Lipinski definition) is 0.